The van der Waals surface area contributed by atoms with E-state index in [0.29, 0.717) is 36.8 Å². The number of amides is 2. The van der Waals surface area contributed by atoms with E-state index < -0.39 is 17.6 Å². The Morgan fingerprint density at radius 2 is 1.91 bits per heavy atom. The average molecular weight is 619 g/mol. The van der Waals surface area contributed by atoms with Gasteiger partial charge < -0.3 is 14.4 Å². The first-order chi connectivity index (χ1) is 21.5. The van der Waals surface area contributed by atoms with E-state index in [-0.39, 0.29) is 41.0 Å². The van der Waals surface area contributed by atoms with Gasteiger partial charge in [-0.25, -0.2) is 0 Å². The second kappa shape index (κ2) is 10.8. The summed E-state index contributed by atoms with van der Waals surface area (Å²) in [6, 6.07) is 10.2. The van der Waals surface area contributed by atoms with Crippen LogP contribution in [0.3, 0.4) is 0 Å². The molecule has 1 spiro atoms. The topological polar surface area (TPSA) is 74.6 Å². The first-order valence-corrected chi connectivity index (χ1v) is 15.6. The minimum atomic E-state index is -4.61. The monoisotopic (exact) mass is 618 g/mol. The molecule has 1 aliphatic carbocycles. The van der Waals surface area contributed by atoms with Crippen LogP contribution in [-0.4, -0.2) is 62.6 Å². The van der Waals surface area contributed by atoms with Crippen LogP contribution in [0.2, 0.25) is 0 Å². The molecule has 0 unspecified atom stereocenters. The number of carbonyl (C=O) groups is 2. The zero-order valence-electron chi connectivity index (χ0n) is 25.6. The van der Waals surface area contributed by atoms with E-state index in [1.54, 1.807) is 23.4 Å². The maximum atomic E-state index is 14.6. The quantitative estimate of drug-likeness (QED) is 0.318. The van der Waals surface area contributed by atoms with Gasteiger partial charge in [0.05, 0.1) is 12.1 Å². The fourth-order valence-corrected chi connectivity index (χ4v) is 7.82. The van der Waals surface area contributed by atoms with Gasteiger partial charge in [-0.15, -0.1) is 10.2 Å². The van der Waals surface area contributed by atoms with Crippen molar-refractivity contribution >= 4 is 17.5 Å². The van der Waals surface area contributed by atoms with Crippen molar-refractivity contribution in [3.8, 4) is 0 Å². The van der Waals surface area contributed by atoms with E-state index in [4.69, 9.17) is 0 Å². The van der Waals surface area contributed by atoms with Crippen molar-refractivity contribution in [1.29, 1.82) is 0 Å². The summed E-state index contributed by atoms with van der Waals surface area (Å²) in [5.74, 6) is 0.713. The molecule has 7 rings (SSSR count). The minimum Gasteiger partial charge on any atom is -0.338 e. The van der Waals surface area contributed by atoms with Crippen LogP contribution < -0.4 is 4.90 Å². The number of likely N-dealkylation sites (tertiary alicyclic amines) is 2. The molecule has 236 valence electrons. The molecule has 2 atom stereocenters. The summed E-state index contributed by atoms with van der Waals surface area (Å²) in [7, 11) is 1.91. The molecule has 4 aliphatic rings. The van der Waals surface area contributed by atoms with Gasteiger partial charge in [-0.2, -0.15) is 13.2 Å². The van der Waals surface area contributed by atoms with Crippen LogP contribution in [0.15, 0.2) is 55.4 Å². The average Bonchev–Trinajstić information content (AvgIpc) is 3.70. The third-order valence-electron chi connectivity index (χ3n) is 10.6. The van der Waals surface area contributed by atoms with Crippen molar-refractivity contribution in [3.05, 3.63) is 89.0 Å². The Morgan fingerprint density at radius 3 is 2.56 bits per heavy atom. The molecule has 0 N–H and O–H groups in total. The second-order valence-corrected chi connectivity index (χ2v) is 13.3. The van der Waals surface area contributed by atoms with Crippen molar-refractivity contribution in [2.75, 3.05) is 31.1 Å². The van der Waals surface area contributed by atoms with Crippen LogP contribution in [0.5, 0.6) is 0 Å². The highest BCUT2D eigenvalue weighted by molar-refractivity contribution is 6.10. The van der Waals surface area contributed by atoms with Crippen LogP contribution in [0.4, 0.5) is 18.9 Å². The smallest absolute Gasteiger partial charge is 0.338 e. The summed E-state index contributed by atoms with van der Waals surface area (Å²) in [5.41, 5.74) is 1.38. The molecule has 2 saturated heterocycles. The summed E-state index contributed by atoms with van der Waals surface area (Å²) in [6.07, 6.45) is 2.52. The largest absolute Gasteiger partial charge is 0.416 e. The predicted octanol–water partition coefficient (Wildman–Crippen LogP) is 5.71. The molecule has 8 nitrogen and oxygen atoms in total. The Morgan fingerprint density at radius 1 is 1.13 bits per heavy atom. The van der Waals surface area contributed by atoms with E-state index in [1.807, 2.05) is 36.7 Å². The highest BCUT2D eigenvalue weighted by Crippen LogP contribution is 2.46. The number of hydrogen-bond donors (Lipinski definition) is 0. The minimum absolute atomic E-state index is 0.00846. The maximum absolute atomic E-state index is 14.6. The molecule has 11 heteroatoms. The molecule has 2 amide bonds. The van der Waals surface area contributed by atoms with Crippen LogP contribution >= 0.6 is 0 Å². The lowest BCUT2D eigenvalue weighted by atomic mass is 9.72. The maximum Gasteiger partial charge on any atom is 0.416 e. The summed E-state index contributed by atoms with van der Waals surface area (Å²) in [6.45, 7) is 7.98. The molecular weight excluding hydrogens is 581 g/mol. The summed E-state index contributed by atoms with van der Waals surface area (Å²) < 4.78 is 45.6. The molecule has 45 heavy (non-hydrogen) atoms. The Labute approximate surface area is 260 Å². The summed E-state index contributed by atoms with van der Waals surface area (Å²) in [4.78, 5) is 31.3. The number of halogens is 3. The predicted molar refractivity (Wildman–Crippen MR) is 162 cm³/mol. The van der Waals surface area contributed by atoms with Gasteiger partial charge in [0.15, 0.2) is 0 Å². The van der Waals surface area contributed by atoms with Gasteiger partial charge in [0.1, 0.15) is 12.2 Å². The Bertz CT molecular complexity index is 1670. The lowest BCUT2D eigenvalue weighted by molar-refractivity contribution is -0.138. The first kappa shape index (κ1) is 29.7. The van der Waals surface area contributed by atoms with Gasteiger partial charge in [-0.05, 0) is 85.7 Å². The molecule has 2 aromatic carbocycles. The number of rotatable bonds is 7. The van der Waals surface area contributed by atoms with Crippen LogP contribution in [-0.2, 0) is 24.6 Å². The number of aryl methyl sites for hydroxylation is 1. The third-order valence-corrected chi connectivity index (χ3v) is 10.6. The number of aromatic nitrogens is 3. The van der Waals surface area contributed by atoms with Gasteiger partial charge >= 0.3 is 6.18 Å². The standard InChI is InChI=1S/C34H37F3N6O2/c1-4-29(44)42-18-33(19-42)11-12-41(17-33)21(2)24-14-26-27(28(15-24)34(35,36)37)16-43(32(26)45)25-10-6-9-23(13-25)30(22-7-5-8-22)31-39-38-20-40(31)3/h4,6,9-10,13-15,20-22,30H,1,5,7-8,11-12,16-19H2,2-3H3/t21-,30-/m1/s1. The molecule has 3 aliphatic heterocycles. The summed E-state index contributed by atoms with van der Waals surface area (Å²) in [5, 5.41) is 8.46. The van der Waals surface area contributed by atoms with E-state index in [2.05, 4.69) is 21.7 Å². The van der Waals surface area contributed by atoms with Crippen LogP contribution in [0.1, 0.15) is 83.0 Å². The normalized spacial score (nSPS) is 21.0. The third kappa shape index (κ3) is 5.05. The Hall–Kier alpha value is -3.99. The van der Waals surface area contributed by atoms with Crippen molar-refractivity contribution in [2.45, 2.75) is 57.3 Å². The van der Waals surface area contributed by atoms with Crippen LogP contribution in [0, 0.1) is 11.3 Å². The van der Waals surface area contributed by atoms with E-state index in [9.17, 15) is 22.8 Å². The molecule has 3 fully saturated rings. The zero-order chi connectivity index (χ0) is 31.7. The molecule has 3 aromatic rings. The lowest BCUT2D eigenvalue weighted by Gasteiger charge is -2.48. The molecule has 4 heterocycles. The number of anilines is 1. The number of nitrogens with zero attached hydrogens (tertiary/aromatic N) is 6. The number of alkyl halides is 3. The highest BCUT2D eigenvalue weighted by atomic mass is 19.4. The van der Waals surface area contributed by atoms with Gasteiger partial charge in [0.2, 0.25) is 5.91 Å². The molecule has 1 aromatic heterocycles. The first-order valence-electron chi connectivity index (χ1n) is 15.6. The molecule has 0 bridgehead atoms. The molecule has 1 saturated carbocycles. The lowest BCUT2D eigenvalue weighted by Crippen LogP contribution is -2.59. The van der Waals surface area contributed by atoms with E-state index in [0.717, 1.165) is 43.6 Å². The van der Waals surface area contributed by atoms with Gasteiger partial charge in [-0.1, -0.05) is 25.1 Å². The second-order valence-electron chi connectivity index (χ2n) is 13.3. The molecule has 0 radical (unpaired) electrons. The number of benzene rings is 2. The van der Waals surface area contributed by atoms with Crippen LogP contribution in [0.25, 0.3) is 0 Å². The fourth-order valence-electron chi connectivity index (χ4n) is 7.82. The van der Waals surface area contributed by atoms with Crippen molar-refractivity contribution in [2.24, 2.45) is 18.4 Å². The Kier molecular flexibility index (Phi) is 7.14. The zero-order valence-corrected chi connectivity index (χ0v) is 25.6. The van der Waals surface area contributed by atoms with Gasteiger partial charge in [-0.3, -0.25) is 14.5 Å². The summed E-state index contributed by atoms with van der Waals surface area (Å²) >= 11 is 0. The van der Waals surface area contributed by atoms with Crippen molar-refractivity contribution in [3.63, 3.8) is 0 Å². The van der Waals surface area contributed by atoms with Gasteiger partial charge in [0.25, 0.3) is 5.91 Å². The molecular formula is C34H37F3N6O2. The van der Waals surface area contributed by atoms with Crippen molar-refractivity contribution in [1.82, 2.24) is 24.6 Å². The Balaban J connectivity index is 1.17. The number of fused-ring (bicyclic) bond motifs is 1. The van der Waals surface area contributed by atoms with E-state index >= 15 is 0 Å². The number of carbonyl (C=O) groups excluding carboxylic acids is 2. The highest BCUT2D eigenvalue weighted by Gasteiger charge is 2.50. The van der Waals surface area contributed by atoms with Gasteiger partial charge in [0, 0.05) is 55.3 Å². The number of hydrogen-bond acceptors (Lipinski definition) is 5. The van der Waals surface area contributed by atoms with Crippen molar-refractivity contribution < 1.29 is 22.8 Å². The van der Waals surface area contributed by atoms with E-state index in [1.165, 1.54) is 17.0 Å². The fraction of sp³-hybridized carbons (Fsp3) is 0.471. The SMILES string of the molecule is C=CC(=O)N1CC2(CCN([C@H](C)c3cc4c(c(C(F)(F)F)c3)CN(c3cccc([C@H](c5nncn5C)C5CCC5)c3)C4=O)C2)C1.